The molecule has 2 atom stereocenters. The van der Waals surface area contributed by atoms with Gasteiger partial charge in [0.2, 0.25) is 11.8 Å². The Morgan fingerprint density at radius 3 is 2.24 bits per heavy atom. The molecule has 0 saturated carbocycles. The van der Waals surface area contributed by atoms with Crippen LogP contribution in [0, 0.1) is 0 Å². The number of carbonyl (C=O) groups excluding carboxylic acids is 2. The summed E-state index contributed by atoms with van der Waals surface area (Å²) in [4.78, 5) is 28.3. The number of nitrogens with zero attached hydrogens (tertiary/aromatic N) is 1. The topological polar surface area (TPSA) is 49.4 Å². The SMILES string of the molecule is CCC(C)NC(=O)C(C)N(Cc1c(Cl)cccc1Cl)C(=O)CSc1ccccc1. The fourth-order valence-corrected chi connectivity index (χ4v) is 3.97. The van der Waals surface area contributed by atoms with Gasteiger partial charge < -0.3 is 10.2 Å². The number of thioether (sulfide) groups is 1. The Bertz CT molecular complexity index is 813. The first-order valence-electron chi connectivity index (χ1n) is 9.54. The van der Waals surface area contributed by atoms with Crippen LogP contribution in [-0.4, -0.2) is 34.6 Å². The van der Waals surface area contributed by atoms with Gasteiger partial charge in [0.15, 0.2) is 0 Å². The van der Waals surface area contributed by atoms with E-state index in [2.05, 4.69) is 5.32 Å². The molecule has 0 aliphatic rings. The monoisotopic (exact) mass is 452 g/mol. The van der Waals surface area contributed by atoms with Crippen LogP contribution in [0.2, 0.25) is 10.0 Å². The Kier molecular flexibility index (Phi) is 9.34. The molecule has 0 saturated heterocycles. The average molecular weight is 453 g/mol. The van der Waals surface area contributed by atoms with Crippen LogP contribution in [0.1, 0.15) is 32.8 Å². The molecule has 4 nitrogen and oxygen atoms in total. The molecule has 0 aliphatic carbocycles. The average Bonchev–Trinajstić information content (AvgIpc) is 2.72. The summed E-state index contributed by atoms with van der Waals surface area (Å²) in [5, 5.41) is 3.89. The number of hydrogen-bond acceptors (Lipinski definition) is 3. The molecule has 0 spiro atoms. The molecule has 0 bridgehead atoms. The molecule has 0 fully saturated rings. The molecule has 7 heteroatoms. The van der Waals surface area contributed by atoms with E-state index in [0.717, 1.165) is 11.3 Å². The lowest BCUT2D eigenvalue weighted by Crippen LogP contribution is -2.50. The molecule has 156 valence electrons. The van der Waals surface area contributed by atoms with E-state index in [1.54, 1.807) is 30.0 Å². The summed E-state index contributed by atoms with van der Waals surface area (Å²) in [5.41, 5.74) is 0.636. The second-order valence-corrected chi connectivity index (χ2v) is 8.68. The van der Waals surface area contributed by atoms with Crippen molar-refractivity contribution in [2.24, 2.45) is 0 Å². The van der Waals surface area contributed by atoms with Gasteiger partial charge in [-0.2, -0.15) is 0 Å². The highest BCUT2D eigenvalue weighted by Gasteiger charge is 2.28. The Labute approximate surface area is 187 Å². The second-order valence-electron chi connectivity index (χ2n) is 6.82. The summed E-state index contributed by atoms with van der Waals surface area (Å²) in [6.07, 6.45) is 0.812. The zero-order valence-electron chi connectivity index (χ0n) is 16.8. The molecule has 2 aromatic rings. The van der Waals surface area contributed by atoms with Gasteiger partial charge in [0.25, 0.3) is 0 Å². The predicted molar refractivity (Wildman–Crippen MR) is 122 cm³/mol. The lowest BCUT2D eigenvalue weighted by atomic mass is 10.1. The third kappa shape index (κ3) is 6.95. The number of amides is 2. The first-order valence-corrected chi connectivity index (χ1v) is 11.3. The Balaban J connectivity index is 2.21. The zero-order valence-corrected chi connectivity index (χ0v) is 19.2. The largest absolute Gasteiger partial charge is 0.352 e. The zero-order chi connectivity index (χ0) is 21.4. The lowest BCUT2D eigenvalue weighted by Gasteiger charge is -2.30. The van der Waals surface area contributed by atoms with Crippen LogP contribution in [0.3, 0.4) is 0 Å². The molecular weight excluding hydrogens is 427 g/mol. The number of benzene rings is 2. The molecule has 2 amide bonds. The fraction of sp³-hybridized carbons (Fsp3) is 0.364. The van der Waals surface area contributed by atoms with E-state index in [1.807, 2.05) is 44.2 Å². The molecule has 0 aromatic heterocycles. The number of hydrogen-bond donors (Lipinski definition) is 1. The number of rotatable bonds is 9. The Morgan fingerprint density at radius 1 is 1.03 bits per heavy atom. The van der Waals surface area contributed by atoms with Crippen LogP contribution in [0.5, 0.6) is 0 Å². The van der Waals surface area contributed by atoms with Crippen LogP contribution < -0.4 is 5.32 Å². The third-order valence-electron chi connectivity index (χ3n) is 4.66. The van der Waals surface area contributed by atoms with E-state index in [-0.39, 0.29) is 30.2 Å². The smallest absolute Gasteiger partial charge is 0.242 e. The van der Waals surface area contributed by atoms with E-state index in [0.29, 0.717) is 15.6 Å². The summed E-state index contributed by atoms with van der Waals surface area (Å²) >= 11 is 14.1. The van der Waals surface area contributed by atoms with Crippen molar-refractivity contribution in [2.75, 3.05) is 5.75 Å². The molecule has 2 aromatic carbocycles. The van der Waals surface area contributed by atoms with Crippen LogP contribution in [0.4, 0.5) is 0 Å². The minimum Gasteiger partial charge on any atom is -0.352 e. The van der Waals surface area contributed by atoms with Crippen molar-refractivity contribution in [3.8, 4) is 0 Å². The highest BCUT2D eigenvalue weighted by atomic mass is 35.5. The van der Waals surface area contributed by atoms with Gasteiger partial charge >= 0.3 is 0 Å². The number of nitrogens with one attached hydrogen (secondary N) is 1. The van der Waals surface area contributed by atoms with E-state index in [4.69, 9.17) is 23.2 Å². The summed E-state index contributed by atoms with van der Waals surface area (Å²) in [6, 6.07) is 14.3. The third-order valence-corrected chi connectivity index (χ3v) is 6.37. The summed E-state index contributed by atoms with van der Waals surface area (Å²) < 4.78 is 0. The minimum atomic E-state index is -0.653. The van der Waals surface area contributed by atoms with E-state index >= 15 is 0 Å². The molecule has 29 heavy (non-hydrogen) atoms. The van der Waals surface area contributed by atoms with Crippen molar-refractivity contribution in [3.05, 3.63) is 64.1 Å². The van der Waals surface area contributed by atoms with Gasteiger partial charge in [-0.15, -0.1) is 11.8 Å². The molecule has 0 aliphatic heterocycles. The van der Waals surface area contributed by atoms with E-state index in [1.165, 1.54) is 11.8 Å². The van der Waals surface area contributed by atoms with Crippen molar-refractivity contribution < 1.29 is 9.59 Å². The van der Waals surface area contributed by atoms with Gasteiger partial charge in [0.05, 0.1) is 5.75 Å². The summed E-state index contributed by atoms with van der Waals surface area (Å²) in [7, 11) is 0. The molecule has 2 unspecified atom stereocenters. The van der Waals surface area contributed by atoms with Gasteiger partial charge in [-0.1, -0.05) is 54.4 Å². The Hall–Kier alpha value is -1.69. The normalized spacial score (nSPS) is 12.9. The van der Waals surface area contributed by atoms with Crippen molar-refractivity contribution in [3.63, 3.8) is 0 Å². The molecule has 0 radical (unpaired) electrons. The fourth-order valence-electron chi connectivity index (χ4n) is 2.65. The van der Waals surface area contributed by atoms with Gasteiger partial charge in [-0.3, -0.25) is 9.59 Å². The van der Waals surface area contributed by atoms with Crippen molar-refractivity contribution >= 4 is 46.8 Å². The molecule has 2 rings (SSSR count). The second kappa shape index (κ2) is 11.5. The first kappa shape index (κ1) is 23.6. The number of halogens is 2. The van der Waals surface area contributed by atoms with Crippen LogP contribution >= 0.6 is 35.0 Å². The maximum absolute atomic E-state index is 13.1. The van der Waals surface area contributed by atoms with Gasteiger partial charge in [0.1, 0.15) is 6.04 Å². The highest BCUT2D eigenvalue weighted by Crippen LogP contribution is 2.27. The van der Waals surface area contributed by atoms with Crippen LogP contribution in [0.25, 0.3) is 0 Å². The molecule has 1 N–H and O–H groups in total. The van der Waals surface area contributed by atoms with E-state index in [9.17, 15) is 9.59 Å². The first-order chi connectivity index (χ1) is 13.8. The van der Waals surface area contributed by atoms with E-state index < -0.39 is 6.04 Å². The van der Waals surface area contributed by atoms with Crippen LogP contribution in [-0.2, 0) is 16.1 Å². The highest BCUT2D eigenvalue weighted by molar-refractivity contribution is 8.00. The summed E-state index contributed by atoms with van der Waals surface area (Å²) in [6.45, 7) is 5.83. The van der Waals surface area contributed by atoms with Gasteiger partial charge in [-0.25, -0.2) is 0 Å². The molecule has 0 heterocycles. The van der Waals surface area contributed by atoms with Crippen molar-refractivity contribution in [1.29, 1.82) is 0 Å². The van der Waals surface area contributed by atoms with Crippen molar-refractivity contribution in [1.82, 2.24) is 10.2 Å². The van der Waals surface area contributed by atoms with Crippen LogP contribution in [0.15, 0.2) is 53.4 Å². The summed E-state index contributed by atoms with van der Waals surface area (Å²) in [5.74, 6) is -0.130. The van der Waals surface area contributed by atoms with Gasteiger partial charge in [0, 0.05) is 33.1 Å². The quantitative estimate of drug-likeness (QED) is 0.516. The Morgan fingerprint density at radius 2 is 1.66 bits per heavy atom. The van der Waals surface area contributed by atoms with Crippen molar-refractivity contribution in [2.45, 2.75) is 50.7 Å². The minimum absolute atomic E-state index is 0.0319. The predicted octanol–water partition coefficient (Wildman–Crippen LogP) is 5.42. The maximum atomic E-state index is 13.1. The lowest BCUT2D eigenvalue weighted by molar-refractivity contribution is -0.138. The number of carbonyl (C=O) groups is 2. The standard InChI is InChI=1S/C22H26Cl2N2O2S/c1-4-15(2)25-22(28)16(3)26(13-18-19(23)11-8-12-20(18)24)21(27)14-29-17-9-6-5-7-10-17/h5-12,15-16H,4,13-14H2,1-3H3,(H,25,28). The molecular formula is C22H26Cl2N2O2S. The maximum Gasteiger partial charge on any atom is 0.242 e. The van der Waals surface area contributed by atoms with Gasteiger partial charge in [-0.05, 0) is 44.5 Å².